The fraction of sp³-hybridized carbons (Fsp3) is 0.0909. The molecule has 17 heavy (non-hydrogen) atoms. The maximum atomic E-state index is 6.33. The lowest BCUT2D eigenvalue weighted by Crippen LogP contribution is -2.13. The lowest BCUT2D eigenvalue weighted by Gasteiger charge is -2.14. The molecule has 0 aliphatic heterocycles. The zero-order valence-corrected chi connectivity index (χ0v) is 16.1. The van der Waals surface area contributed by atoms with Gasteiger partial charge in [-0.1, -0.05) is 15.9 Å². The molecule has 1 heterocycles. The molecule has 1 aromatic heterocycles. The first kappa shape index (κ1) is 14.5. The van der Waals surface area contributed by atoms with E-state index in [9.17, 15) is 0 Å². The molecule has 0 fully saturated rings. The molecule has 0 amide bonds. The summed E-state index contributed by atoms with van der Waals surface area (Å²) in [7, 11) is 0. The summed E-state index contributed by atoms with van der Waals surface area (Å²) in [6.07, 6.45) is 0. The van der Waals surface area contributed by atoms with E-state index in [1.807, 2.05) is 6.07 Å². The summed E-state index contributed by atoms with van der Waals surface area (Å²) < 4.78 is 4.38. The van der Waals surface area contributed by atoms with Crippen molar-refractivity contribution < 1.29 is 0 Å². The summed E-state index contributed by atoms with van der Waals surface area (Å²) in [6, 6.07) is 8.11. The molecule has 0 saturated carbocycles. The van der Waals surface area contributed by atoms with Gasteiger partial charge in [-0.15, -0.1) is 11.3 Å². The van der Waals surface area contributed by atoms with Gasteiger partial charge in [-0.3, -0.25) is 0 Å². The summed E-state index contributed by atoms with van der Waals surface area (Å²) in [4.78, 5) is 0. The van der Waals surface area contributed by atoms with Crippen LogP contribution in [0.25, 0.3) is 0 Å². The molecule has 1 nitrogen and oxygen atoms in total. The Bertz CT molecular complexity index is 556. The lowest BCUT2D eigenvalue weighted by molar-refractivity contribution is 0.865. The van der Waals surface area contributed by atoms with Gasteiger partial charge in [-0.05, 0) is 89.8 Å². The summed E-state index contributed by atoms with van der Waals surface area (Å²) in [5.74, 6) is 0. The Morgan fingerprint density at radius 3 is 2.41 bits per heavy atom. The zero-order chi connectivity index (χ0) is 12.6. The molecule has 1 atom stereocenters. The highest BCUT2D eigenvalue weighted by Crippen LogP contribution is 2.38. The van der Waals surface area contributed by atoms with E-state index >= 15 is 0 Å². The largest absolute Gasteiger partial charge is 0.320 e. The summed E-state index contributed by atoms with van der Waals surface area (Å²) >= 11 is 14.5. The highest BCUT2D eigenvalue weighted by atomic mass is 127. The maximum absolute atomic E-state index is 6.33. The Morgan fingerprint density at radius 1 is 1.12 bits per heavy atom. The van der Waals surface area contributed by atoms with Gasteiger partial charge < -0.3 is 5.73 Å². The van der Waals surface area contributed by atoms with E-state index in [1.165, 1.54) is 3.57 Å². The first-order valence-corrected chi connectivity index (χ1v) is 8.91. The van der Waals surface area contributed by atoms with Gasteiger partial charge in [0, 0.05) is 8.04 Å². The molecule has 1 aromatic carbocycles. The van der Waals surface area contributed by atoms with E-state index in [0.29, 0.717) is 0 Å². The van der Waals surface area contributed by atoms with Gasteiger partial charge in [0.15, 0.2) is 0 Å². The molecule has 6 heteroatoms. The Balaban J connectivity index is 2.46. The molecule has 0 aliphatic rings. The summed E-state index contributed by atoms with van der Waals surface area (Å²) in [5.41, 5.74) is 8.57. The molecular formula is C11H7Br3INS. The van der Waals surface area contributed by atoms with Crippen LogP contribution >= 0.6 is 81.7 Å². The Kier molecular flexibility index (Phi) is 5.11. The monoisotopic (exact) mass is 549 g/mol. The standard InChI is InChI=1S/C11H7Br3INS/c12-5-1-2-8(15)6(3-5)10(16)7-4-9(13)17-11(7)14/h1-4,10H,16H2. The minimum absolute atomic E-state index is 0.115. The summed E-state index contributed by atoms with van der Waals surface area (Å²) in [5, 5.41) is 0. The van der Waals surface area contributed by atoms with Crippen LogP contribution in [0.3, 0.4) is 0 Å². The molecule has 0 radical (unpaired) electrons. The molecule has 2 rings (SSSR count). The maximum Gasteiger partial charge on any atom is 0.0761 e. The third kappa shape index (κ3) is 3.33. The van der Waals surface area contributed by atoms with Crippen molar-refractivity contribution in [3.05, 3.63) is 51.0 Å². The highest BCUT2D eigenvalue weighted by Gasteiger charge is 2.17. The Hall–Kier alpha value is 1.05. The minimum Gasteiger partial charge on any atom is -0.320 e. The van der Waals surface area contributed by atoms with Crippen LogP contribution in [0.15, 0.2) is 36.3 Å². The second-order valence-electron chi connectivity index (χ2n) is 3.42. The number of nitrogens with two attached hydrogens (primary N) is 1. The van der Waals surface area contributed by atoms with Crippen molar-refractivity contribution >= 4 is 81.7 Å². The average Bonchev–Trinajstić information content (AvgIpc) is 2.60. The SMILES string of the molecule is NC(c1cc(Br)ccc1I)c1cc(Br)sc1Br. The minimum atomic E-state index is -0.115. The number of hydrogen-bond acceptors (Lipinski definition) is 2. The van der Waals surface area contributed by atoms with Crippen molar-refractivity contribution in [2.24, 2.45) is 5.73 Å². The van der Waals surface area contributed by atoms with Crippen molar-refractivity contribution in [1.82, 2.24) is 0 Å². The van der Waals surface area contributed by atoms with Crippen LogP contribution in [0.4, 0.5) is 0 Å². The van der Waals surface area contributed by atoms with Gasteiger partial charge in [-0.2, -0.15) is 0 Å². The number of benzene rings is 1. The van der Waals surface area contributed by atoms with E-state index in [2.05, 4.69) is 88.6 Å². The molecule has 0 saturated heterocycles. The van der Waals surface area contributed by atoms with Crippen LogP contribution in [0.2, 0.25) is 0 Å². The van der Waals surface area contributed by atoms with Crippen molar-refractivity contribution in [1.29, 1.82) is 0 Å². The normalized spacial score (nSPS) is 12.8. The van der Waals surface area contributed by atoms with Crippen LogP contribution in [-0.4, -0.2) is 0 Å². The van der Waals surface area contributed by atoms with Crippen LogP contribution in [0.5, 0.6) is 0 Å². The molecule has 0 aliphatic carbocycles. The fourth-order valence-electron chi connectivity index (χ4n) is 1.49. The van der Waals surface area contributed by atoms with E-state index in [-0.39, 0.29) is 6.04 Å². The molecular weight excluding hydrogens is 545 g/mol. The highest BCUT2D eigenvalue weighted by molar-refractivity contribution is 14.1. The van der Waals surface area contributed by atoms with Crippen molar-refractivity contribution in [2.75, 3.05) is 0 Å². The van der Waals surface area contributed by atoms with E-state index in [0.717, 1.165) is 23.2 Å². The quantitative estimate of drug-likeness (QED) is 0.477. The Labute approximate surface area is 143 Å². The van der Waals surface area contributed by atoms with E-state index in [1.54, 1.807) is 11.3 Å². The molecule has 0 spiro atoms. The predicted octanol–water partition coefficient (Wildman–Crippen LogP) is 5.69. The van der Waals surface area contributed by atoms with Gasteiger partial charge in [-0.25, -0.2) is 0 Å². The molecule has 2 N–H and O–H groups in total. The third-order valence-electron chi connectivity index (χ3n) is 2.31. The molecule has 90 valence electrons. The van der Waals surface area contributed by atoms with Crippen LogP contribution in [-0.2, 0) is 0 Å². The third-order valence-corrected chi connectivity index (χ3v) is 6.17. The molecule has 0 bridgehead atoms. The van der Waals surface area contributed by atoms with Gasteiger partial charge in [0.2, 0.25) is 0 Å². The van der Waals surface area contributed by atoms with E-state index < -0.39 is 0 Å². The first-order chi connectivity index (χ1) is 7.99. The lowest BCUT2D eigenvalue weighted by atomic mass is 10.0. The number of hydrogen-bond donors (Lipinski definition) is 1. The average molecular weight is 552 g/mol. The van der Waals surface area contributed by atoms with Gasteiger partial charge >= 0.3 is 0 Å². The zero-order valence-electron chi connectivity index (χ0n) is 8.38. The smallest absolute Gasteiger partial charge is 0.0761 e. The number of halogens is 4. The topological polar surface area (TPSA) is 26.0 Å². The van der Waals surface area contributed by atoms with Gasteiger partial charge in [0.1, 0.15) is 0 Å². The van der Waals surface area contributed by atoms with Crippen molar-refractivity contribution in [3.8, 4) is 0 Å². The van der Waals surface area contributed by atoms with Gasteiger partial charge in [0.25, 0.3) is 0 Å². The van der Waals surface area contributed by atoms with Gasteiger partial charge in [0.05, 0.1) is 13.6 Å². The second-order valence-corrected chi connectivity index (χ2v) is 9.25. The van der Waals surface area contributed by atoms with Crippen molar-refractivity contribution in [3.63, 3.8) is 0 Å². The predicted molar refractivity (Wildman–Crippen MR) is 92.6 cm³/mol. The molecule has 2 aromatic rings. The fourth-order valence-corrected chi connectivity index (χ4v) is 5.46. The summed E-state index contributed by atoms with van der Waals surface area (Å²) in [6.45, 7) is 0. The van der Waals surface area contributed by atoms with Crippen LogP contribution < -0.4 is 5.73 Å². The van der Waals surface area contributed by atoms with Crippen molar-refractivity contribution in [2.45, 2.75) is 6.04 Å². The number of thiophene rings is 1. The second kappa shape index (κ2) is 6.00. The van der Waals surface area contributed by atoms with Crippen LogP contribution in [0.1, 0.15) is 17.2 Å². The van der Waals surface area contributed by atoms with Crippen LogP contribution in [0, 0.1) is 3.57 Å². The molecule has 1 unspecified atom stereocenters. The van der Waals surface area contributed by atoms with E-state index in [4.69, 9.17) is 5.73 Å². The first-order valence-electron chi connectivity index (χ1n) is 4.64. The Morgan fingerprint density at radius 2 is 1.82 bits per heavy atom. The number of rotatable bonds is 2.